The number of halogens is 2. The van der Waals surface area contributed by atoms with Gasteiger partial charge < -0.3 is 20.0 Å². The summed E-state index contributed by atoms with van der Waals surface area (Å²) in [6.45, 7) is 14.0. The first-order chi connectivity index (χ1) is 15.4. The summed E-state index contributed by atoms with van der Waals surface area (Å²) < 4.78 is 0. The zero-order valence-electron chi connectivity index (χ0n) is 20.2. The van der Waals surface area contributed by atoms with Crippen molar-refractivity contribution in [3.63, 3.8) is 0 Å². The standard InChI is InChI=1S/C20H27Cl2N3O.C5H13N/c1-2-24-9-3-4-16(14-24)12-15-7-10-25(11-8-15)20(26)23-17-5-6-18(21)19(22)13-17;1-4-6(3)5-2/h5-6,12-13,16H,2-4,7-11,14H2,1H3,(H,23,26);4-5H2,1-3H3. The van der Waals surface area contributed by atoms with Crippen molar-refractivity contribution in [2.75, 3.05) is 58.2 Å². The molecular weight excluding hydrogens is 443 g/mol. The van der Waals surface area contributed by atoms with E-state index in [1.54, 1.807) is 18.2 Å². The normalized spacial score (nSPS) is 19.4. The van der Waals surface area contributed by atoms with Gasteiger partial charge in [0.25, 0.3) is 0 Å². The molecule has 1 aromatic carbocycles. The number of hydrogen-bond donors (Lipinski definition) is 1. The van der Waals surface area contributed by atoms with Crippen LogP contribution in [0.1, 0.15) is 46.5 Å². The maximum atomic E-state index is 12.5. The quantitative estimate of drug-likeness (QED) is 0.504. The second-order valence-corrected chi connectivity index (χ2v) is 9.47. The van der Waals surface area contributed by atoms with Crippen LogP contribution in [0.15, 0.2) is 29.8 Å². The summed E-state index contributed by atoms with van der Waals surface area (Å²) in [6.07, 6.45) is 7.01. The lowest BCUT2D eigenvalue weighted by atomic mass is 9.92. The summed E-state index contributed by atoms with van der Waals surface area (Å²) in [5.41, 5.74) is 2.18. The Morgan fingerprint density at radius 1 is 1.12 bits per heavy atom. The SMILES string of the molecule is CCN(C)CC.CCN1CCCC(C=C2CCN(C(=O)Nc3ccc(Cl)c(Cl)c3)CC2)C1. The molecule has 1 N–H and O–H groups in total. The van der Waals surface area contributed by atoms with Gasteiger partial charge in [0.15, 0.2) is 0 Å². The van der Waals surface area contributed by atoms with Crippen molar-refractivity contribution >= 4 is 34.9 Å². The Morgan fingerprint density at radius 3 is 2.38 bits per heavy atom. The van der Waals surface area contributed by atoms with Gasteiger partial charge in [-0.1, -0.05) is 55.6 Å². The predicted molar refractivity (Wildman–Crippen MR) is 138 cm³/mol. The van der Waals surface area contributed by atoms with Gasteiger partial charge in [-0.25, -0.2) is 4.79 Å². The number of benzene rings is 1. The van der Waals surface area contributed by atoms with Crippen LogP contribution in [0.3, 0.4) is 0 Å². The number of urea groups is 1. The maximum Gasteiger partial charge on any atom is 0.321 e. The van der Waals surface area contributed by atoms with E-state index in [0.717, 1.165) is 45.6 Å². The molecule has 7 heteroatoms. The summed E-state index contributed by atoms with van der Waals surface area (Å²) in [6, 6.07) is 5.07. The highest BCUT2D eigenvalue weighted by atomic mass is 35.5. The summed E-state index contributed by atoms with van der Waals surface area (Å²) in [5.74, 6) is 0.676. The first kappa shape index (κ1) is 27.0. The lowest BCUT2D eigenvalue weighted by Crippen LogP contribution is -2.39. The number of rotatable bonds is 5. The number of piperidine rings is 2. The molecule has 3 rings (SSSR count). The number of nitrogens with one attached hydrogen (secondary N) is 1. The predicted octanol–water partition coefficient (Wildman–Crippen LogP) is 6.24. The minimum absolute atomic E-state index is 0.0720. The van der Waals surface area contributed by atoms with Crippen LogP contribution in [0, 0.1) is 5.92 Å². The number of amides is 2. The molecule has 32 heavy (non-hydrogen) atoms. The molecule has 5 nitrogen and oxygen atoms in total. The van der Waals surface area contributed by atoms with Crippen LogP contribution in [-0.2, 0) is 0 Å². The minimum atomic E-state index is -0.0720. The number of hydrogen-bond acceptors (Lipinski definition) is 3. The van der Waals surface area contributed by atoms with E-state index in [-0.39, 0.29) is 6.03 Å². The van der Waals surface area contributed by atoms with E-state index < -0.39 is 0 Å². The van der Waals surface area contributed by atoms with Gasteiger partial charge in [-0.05, 0) is 83.0 Å². The number of anilines is 1. The first-order valence-electron chi connectivity index (χ1n) is 12.0. The van der Waals surface area contributed by atoms with Gasteiger partial charge in [0.1, 0.15) is 0 Å². The van der Waals surface area contributed by atoms with Crippen LogP contribution in [0.4, 0.5) is 10.5 Å². The number of carbonyl (C=O) groups is 1. The fourth-order valence-electron chi connectivity index (χ4n) is 4.01. The third-order valence-corrected chi connectivity index (χ3v) is 7.14. The van der Waals surface area contributed by atoms with E-state index in [1.807, 2.05) is 4.90 Å². The highest BCUT2D eigenvalue weighted by molar-refractivity contribution is 6.42. The molecule has 2 amide bonds. The second kappa shape index (κ2) is 14.1. The van der Waals surface area contributed by atoms with E-state index in [2.05, 4.69) is 49.0 Å². The summed E-state index contributed by atoms with van der Waals surface area (Å²) in [7, 11) is 2.11. The van der Waals surface area contributed by atoms with Crippen LogP contribution in [0.5, 0.6) is 0 Å². The molecule has 2 heterocycles. The lowest BCUT2D eigenvalue weighted by Gasteiger charge is -2.32. The molecule has 0 bridgehead atoms. The van der Waals surface area contributed by atoms with Gasteiger partial charge >= 0.3 is 6.03 Å². The zero-order valence-corrected chi connectivity index (χ0v) is 21.7. The van der Waals surface area contributed by atoms with E-state index in [1.165, 1.54) is 31.5 Å². The maximum absolute atomic E-state index is 12.5. The van der Waals surface area contributed by atoms with Crippen LogP contribution >= 0.6 is 23.2 Å². The molecular formula is C25H40Cl2N4O. The Bertz CT molecular complexity index is 741. The number of likely N-dealkylation sites (tertiary alicyclic amines) is 2. The van der Waals surface area contributed by atoms with Gasteiger partial charge in [-0.3, -0.25) is 0 Å². The molecule has 0 aromatic heterocycles. The van der Waals surface area contributed by atoms with Crippen molar-refractivity contribution in [2.24, 2.45) is 5.92 Å². The van der Waals surface area contributed by atoms with Gasteiger partial charge in [-0.15, -0.1) is 0 Å². The summed E-state index contributed by atoms with van der Waals surface area (Å²) in [4.78, 5) is 19.1. The highest BCUT2D eigenvalue weighted by Gasteiger charge is 2.22. The Balaban J connectivity index is 0.000000534. The molecule has 1 aromatic rings. The van der Waals surface area contributed by atoms with Crippen LogP contribution in [0.2, 0.25) is 10.0 Å². The Kier molecular flexibility index (Phi) is 11.9. The van der Waals surface area contributed by atoms with E-state index in [9.17, 15) is 4.79 Å². The van der Waals surface area contributed by atoms with Gasteiger partial charge in [-0.2, -0.15) is 0 Å². The Hall–Kier alpha value is -1.27. The van der Waals surface area contributed by atoms with E-state index >= 15 is 0 Å². The van der Waals surface area contributed by atoms with Crippen molar-refractivity contribution in [1.82, 2.24) is 14.7 Å². The number of nitrogens with zero attached hydrogens (tertiary/aromatic N) is 3. The molecule has 0 saturated carbocycles. The molecule has 1 unspecified atom stereocenters. The van der Waals surface area contributed by atoms with Gasteiger partial charge in [0.05, 0.1) is 10.0 Å². The third-order valence-electron chi connectivity index (χ3n) is 6.40. The highest BCUT2D eigenvalue weighted by Crippen LogP contribution is 2.26. The van der Waals surface area contributed by atoms with E-state index in [0.29, 0.717) is 21.7 Å². The average Bonchev–Trinajstić information content (AvgIpc) is 2.82. The second-order valence-electron chi connectivity index (χ2n) is 8.66. The van der Waals surface area contributed by atoms with Gasteiger partial charge in [0, 0.05) is 25.3 Å². The molecule has 2 aliphatic heterocycles. The monoisotopic (exact) mass is 482 g/mol. The van der Waals surface area contributed by atoms with Crippen molar-refractivity contribution in [3.8, 4) is 0 Å². The topological polar surface area (TPSA) is 38.8 Å². The minimum Gasteiger partial charge on any atom is -0.324 e. The summed E-state index contributed by atoms with van der Waals surface area (Å²) >= 11 is 11.9. The molecule has 0 aliphatic carbocycles. The van der Waals surface area contributed by atoms with Gasteiger partial charge in [0.2, 0.25) is 0 Å². The molecule has 1 atom stereocenters. The van der Waals surface area contributed by atoms with Crippen LogP contribution in [0.25, 0.3) is 0 Å². The molecule has 2 fully saturated rings. The van der Waals surface area contributed by atoms with Crippen LogP contribution in [-0.4, -0.2) is 73.6 Å². The molecule has 0 spiro atoms. The van der Waals surface area contributed by atoms with Crippen molar-refractivity contribution in [3.05, 3.63) is 39.9 Å². The molecule has 2 saturated heterocycles. The summed E-state index contributed by atoms with van der Waals surface area (Å²) in [5, 5.41) is 3.84. The molecule has 0 radical (unpaired) electrons. The fraction of sp³-hybridized carbons (Fsp3) is 0.640. The van der Waals surface area contributed by atoms with Crippen molar-refractivity contribution in [2.45, 2.75) is 46.5 Å². The van der Waals surface area contributed by atoms with E-state index in [4.69, 9.17) is 23.2 Å². The Labute approximate surface area is 204 Å². The fourth-order valence-corrected chi connectivity index (χ4v) is 4.31. The molecule has 2 aliphatic rings. The van der Waals surface area contributed by atoms with Crippen molar-refractivity contribution < 1.29 is 4.79 Å². The number of carbonyl (C=O) groups excluding carboxylic acids is 1. The lowest BCUT2D eigenvalue weighted by molar-refractivity contribution is 0.201. The smallest absolute Gasteiger partial charge is 0.321 e. The average molecular weight is 484 g/mol. The largest absolute Gasteiger partial charge is 0.324 e. The van der Waals surface area contributed by atoms with Crippen molar-refractivity contribution in [1.29, 1.82) is 0 Å². The first-order valence-corrected chi connectivity index (χ1v) is 12.7. The zero-order chi connectivity index (χ0) is 23.5. The third kappa shape index (κ3) is 8.93. The van der Waals surface area contributed by atoms with Crippen LogP contribution < -0.4 is 5.32 Å². The molecule has 180 valence electrons. The Morgan fingerprint density at radius 2 is 1.81 bits per heavy atom.